The van der Waals surface area contributed by atoms with Crippen molar-refractivity contribution in [3.8, 4) is 0 Å². The second-order valence-electron chi connectivity index (χ2n) is 5.41. The van der Waals surface area contributed by atoms with E-state index in [2.05, 4.69) is 6.92 Å². The van der Waals surface area contributed by atoms with Crippen molar-refractivity contribution in [2.45, 2.75) is 58.5 Å². The minimum Gasteiger partial charge on any atom is -0.481 e. The molecule has 0 saturated heterocycles. The zero-order valence-corrected chi connectivity index (χ0v) is 12.5. The maximum absolute atomic E-state index is 11.5. The highest BCUT2D eigenvalue weighted by atomic mass is 16.5. The number of aliphatic carboxylic acids is 1. The van der Waals surface area contributed by atoms with E-state index < -0.39 is 17.9 Å². The van der Waals surface area contributed by atoms with Gasteiger partial charge in [0.05, 0.1) is 19.3 Å². The first kappa shape index (κ1) is 17.0. The number of hydrogen-bond acceptors (Lipinski definition) is 4. The van der Waals surface area contributed by atoms with Gasteiger partial charge in [0, 0.05) is 0 Å². The summed E-state index contributed by atoms with van der Waals surface area (Å²) in [5, 5.41) is 9.03. The maximum atomic E-state index is 11.5. The number of carbonyl (C=O) groups excluding carboxylic acids is 1. The third kappa shape index (κ3) is 5.49. The van der Waals surface area contributed by atoms with E-state index in [1.54, 1.807) is 6.92 Å². The zero-order chi connectivity index (χ0) is 15.0. The van der Waals surface area contributed by atoms with Crippen molar-refractivity contribution < 1.29 is 24.2 Å². The van der Waals surface area contributed by atoms with E-state index in [4.69, 9.17) is 14.6 Å². The first-order chi connectivity index (χ1) is 9.58. The summed E-state index contributed by atoms with van der Waals surface area (Å²) in [7, 11) is 0. The number of rotatable bonds is 8. The quantitative estimate of drug-likeness (QED) is 0.548. The highest BCUT2D eigenvalue weighted by Crippen LogP contribution is 2.29. The van der Waals surface area contributed by atoms with Crippen LogP contribution in [-0.2, 0) is 19.1 Å². The Morgan fingerprint density at radius 3 is 2.35 bits per heavy atom. The molecule has 1 fully saturated rings. The fourth-order valence-electron chi connectivity index (χ4n) is 2.71. The monoisotopic (exact) mass is 286 g/mol. The molecule has 0 radical (unpaired) electrons. The van der Waals surface area contributed by atoms with E-state index in [9.17, 15) is 9.59 Å². The number of carboxylic acid groups (broad SMARTS) is 1. The highest BCUT2D eigenvalue weighted by Gasteiger charge is 2.30. The van der Waals surface area contributed by atoms with Gasteiger partial charge in [0.15, 0.2) is 5.92 Å². The molecular formula is C15H26O5. The second-order valence-corrected chi connectivity index (χ2v) is 5.41. The van der Waals surface area contributed by atoms with Crippen LogP contribution in [0.4, 0.5) is 0 Å². The molecule has 5 nitrogen and oxygen atoms in total. The number of esters is 1. The second kappa shape index (κ2) is 8.95. The minimum atomic E-state index is -1.21. The van der Waals surface area contributed by atoms with Gasteiger partial charge in [0.2, 0.25) is 0 Å². The van der Waals surface area contributed by atoms with Gasteiger partial charge in [-0.15, -0.1) is 0 Å². The molecular weight excluding hydrogens is 260 g/mol. The Balaban J connectivity index is 2.34. The van der Waals surface area contributed by atoms with E-state index in [0.717, 1.165) is 31.6 Å². The molecule has 0 bridgehead atoms. The van der Waals surface area contributed by atoms with Gasteiger partial charge in [-0.3, -0.25) is 9.59 Å². The Bertz CT molecular complexity index is 307. The van der Waals surface area contributed by atoms with Gasteiger partial charge in [-0.25, -0.2) is 0 Å². The number of carbonyl (C=O) groups is 2. The van der Waals surface area contributed by atoms with Crippen LogP contribution in [0.2, 0.25) is 0 Å². The summed E-state index contributed by atoms with van der Waals surface area (Å²) >= 11 is 0. The third-order valence-electron chi connectivity index (χ3n) is 3.86. The Kier molecular flexibility index (Phi) is 7.59. The Morgan fingerprint density at radius 1 is 1.20 bits per heavy atom. The summed E-state index contributed by atoms with van der Waals surface area (Å²) in [4.78, 5) is 22.6. The molecule has 1 aliphatic carbocycles. The summed E-state index contributed by atoms with van der Waals surface area (Å²) in [6.07, 6.45) is 6.73. The summed E-state index contributed by atoms with van der Waals surface area (Å²) in [5.41, 5.74) is 0. The Labute approximate surface area is 120 Å². The molecule has 116 valence electrons. The average Bonchev–Trinajstić information content (AvgIpc) is 2.41. The highest BCUT2D eigenvalue weighted by molar-refractivity contribution is 5.94. The van der Waals surface area contributed by atoms with Gasteiger partial charge in [-0.05, 0) is 38.5 Å². The predicted octanol–water partition coefficient (Wildman–Crippen LogP) is 2.63. The van der Waals surface area contributed by atoms with Gasteiger partial charge in [0.1, 0.15) is 0 Å². The Morgan fingerprint density at radius 2 is 1.85 bits per heavy atom. The molecule has 1 aliphatic rings. The molecule has 0 aliphatic heterocycles. The minimum absolute atomic E-state index is 0.0828. The lowest BCUT2D eigenvalue weighted by Crippen LogP contribution is -2.33. The molecule has 0 heterocycles. The van der Waals surface area contributed by atoms with Crippen LogP contribution in [0.5, 0.6) is 0 Å². The van der Waals surface area contributed by atoms with E-state index in [1.807, 2.05) is 0 Å². The predicted molar refractivity (Wildman–Crippen MR) is 74.4 cm³/mol. The molecule has 0 aromatic carbocycles. The van der Waals surface area contributed by atoms with Crippen molar-refractivity contribution in [2.24, 2.45) is 11.8 Å². The van der Waals surface area contributed by atoms with Gasteiger partial charge < -0.3 is 14.6 Å². The van der Waals surface area contributed by atoms with Crippen molar-refractivity contribution in [3.63, 3.8) is 0 Å². The fraction of sp³-hybridized carbons (Fsp3) is 0.867. The summed E-state index contributed by atoms with van der Waals surface area (Å²) in [6, 6.07) is 0. The number of carboxylic acids is 1. The third-order valence-corrected chi connectivity index (χ3v) is 3.86. The lowest BCUT2D eigenvalue weighted by Gasteiger charge is -2.28. The van der Waals surface area contributed by atoms with Crippen molar-refractivity contribution in [1.29, 1.82) is 0 Å². The first-order valence-corrected chi connectivity index (χ1v) is 7.59. The fourth-order valence-corrected chi connectivity index (χ4v) is 2.71. The van der Waals surface area contributed by atoms with Crippen LogP contribution < -0.4 is 0 Å². The van der Waals surface area contributed by atoms with Gasteiger partial charge in [-0.2, -0.15) is 0 Å². The van der Waals surface area contributed by atoms with E-state index in [0.29, 0.717) is 0 Å². The standard InChI is InChI=1S/C15H26O5/c1-3-5-11-6-8-12(9-7-11)20-10-13(14(16)17)15(18)19-4-2/h11-13H,3-10H2,1-2H3,(H,16,17). The van der Waals surface area contributed by atoms with Gasteiger partial charge in [-0.1, -0.05) is 19.8 Å². The molecule has 1 unspecified atom stereocenters. The maximum Gasteiger partial charge on any atom is 0.322 e. The van der Waals surface area contributed by atoms with Crippen molar-refractivity contribution in [1.82, 2.24) is 0 Å². The molecule has 0 spiro atoms. The lowest BCUT2D eigenvalue weighted by atomic mass is 9.85. The molecule has 1 rings (SSSR count). The van der Waals surface area contributed by atoms with Crippen molar-refractivity contribution in [3.05, 3.63) is 0 Å². The normalized spacial score (nSPS) is 24.1. The van der Waals surface area contributed by atoms with E-state index in [1.165, 1.54) is 12.8 Å². The first-order valence-electron chi connectivity index (χ1n) is 7.59. The zero-order valence-electron chi connectivity index (χ0n) is 12.5. The average molecular weight is 286 g/mol. The van der Waals surface area contributed by atoms with Crippen LogP contribution >= 0.6 is 0 Å². The smallest absolute Gasteiger partial charge is 0.322 e. The van der Waals surface area contributed by atoms with E-state index in [-0.39, 0.29) is 19.3 Å². The molecule has 1 N–H and O–H groups in total. The molecule has 5 heteroatoms. The van der Waals surface area contributed by atoms with Crippen LogP contribution in [0.25, 0.3) is 0 Å². The SMILES string of the molecule is CCCC1CCC(OCC(C(=O)O)C(=O)OCC)CC1. The van der Waals surface area contributed by atoms with Gasteiger partial charge in [0.25, 0.3) is 0 Å². The van der Waals surface area contributed by atoms with Crippen LogP contribution in [0.1, 0.15) is 52.4 Å². The summed E-state index contributed by atoms with van der Waals surface area (Å²) in [6.45, 7) is 3.95. The molecule has 1 saturated carbocycles. The Hall–Kier alpha value is -1.10. The van der Waals surface area contributed by atoms with Crippen LogP contribution in [0.15, 0.2) is 0 Å². The van der Waals surface area contributed by atoms with E-state index >= 15 is 0 Å². The molecule has 0 aromatic heterocycles. The van der Waals surface area contributed by atoms with Crippen LogP contribution in [0, 0.1) is 11.8 Å². The molecule has 20 heavy (non-hydrogen) atoms. The van der Waals surface area contributed by atoms with Crippen LogP contribution in [0.3, 0.4) is 0 Å². The lowest BCUT2D eigenvalue weighted by molar-refractivity contribution is -0.162. The number of ether oxygens (including phenoxy) is 2. The molecule has 0 amide bonds. The number of hydrogen-bond donors (Lipinski definition) is 1. The van der Waals surface area contributed by atoms with Crippen molar-refractivity contribution in [2.75, 3.05) is 13.2 Å². The van der Waals surface area contributed by atoms with Gasteiger partial charge >= 0.3 is 11.9 Å². The molecule has 0 aromatic rings. The summed E-state index contributed by atoms with van der Waals surface area (Å²) < 4.78 is 10.4. The largest absolute Gasteiger partial charge is 0.481 e. The van der Waals surface area contributed by atoms with Crippen molar-refractivity contribution >= 4 is 11.9 Å². The molecule has 1 atom stereocenters. The topological polar surface area (TPSA) is 72.8 Å². The summed E-state index contributed by atoms with van der Waals surface area (Å²) in [5.74, 6) is -2.31. The van der Waals surface area contributed by atoms with Crippen LogP contribution in [-0.4, -0.2) is 36.4 Å².